The van der Waals surface area contributed by atoms with Gasteiger partial charge in [0.2, 0.25) is 0 Å². The molecule has 5 heteroatoms. The molecule has 1 nitrogen and oxygen atoms in total. The van der Waals surface area contributed by atoms with E-state index >= 15 is 0 Å². The molecule has 0 bridgehead atoms. The Hall–Kier alpha value is -0.740. The molecule has 0 aliphatic rings. The Labute approximate surface area is 125 Å². The fourth-order valence-corrected chi connectivity index (χ4v) is 3.23. The first-order valence-electron chi connectivity index (χ1n) is 5.67. The molecule has 0 aromatic heterocycles. The molecule has 0 aliphatic heterocycles. The summed E-state index contributed by atoms with van der Waals surface area (Å²) >= 11 is 13.6. The van der Waals surface area contributed by atoms with Crippen LogP contribution in [0.2, 0.25) is 10.0 Å². The predicted octanol–water partition coefficient (Wildman–Crippen LogP) is 4.92. The summed E-state index contributed by atoms with van der Waals surface area (Å²) in [5, 5.41) is 1.16. The van der Waals surface area contributed by atoms with Crippen LogP contribution < -0.4 is 5.73 Å². The lowest BCUT2D eigenvalue weighted by molar-refractivity contribution is 0.625. The van der Waals surface area contributed by atoms with E-state index in [2.05, 4.69) is 0 Å². The van der Waals surface area contributed by atoms with E-state index < -0.39 is 0 Å². The Bertz CT molecular complexity index is 577. The third-order valence-corrected chi connectivity index (χ3v) is 4.61. The Balaban J connectivity index is 2.26. The monoisotopic (exact) mass is 315 g/mol. The van der Waals surface area contributed by atoms with Crippen LogP contribution in [0.1, 0.15) is 10.8 Å². The molecule has 0 saturated carbocycles. The first-order valence-corrected chi connectivity index (χ1v) is 7.31. The molecule has 2 aromatic rings. The van der Waals surface area contributed by atoms with E-state index in [1.807, 2.05) is 6.07 Å². The molecule has 0 heterocycles. The molecular formula is C14H12Cl2FNS. The fourth-order valence-electron chi connectivity index (χ4n) is 1.68. The van der Waals surface area contributed by atoms with Gasteiger partial charge in [-0.25, -0.2) is 4.39 Å². The van der Waals surface area contributed by atoms with Gasteiger partial charge in [-0.3, -0.25) is 0 Å². The minimum Gasteiger partial charge on any atom is -0.329 e. The number of halogens is 3. The van der Waals surface area contributed by atoms with E-state index in [4.69, 9.17) is 28.9 Å². The molecule has 1 atom stereocenters. The van der Waals surface area contributed by atoms with Gasteiger partial charge in [0, 0.05) is 21.7 Å². The second-order valence-electron chi connectivity index (χ2n) is 3.97. The third-order valence-electron chi connectivity index (χ3n) is 2.60. The van der Waals surface area contributed by atoms with Crippen LogP contribution >= 0.6 is 35.0 Å². The SMILES string of the molecule is NCC(Sc1cc(Cl)ccc1Cl)c1cccc(F)c1. The van der Waals surface area contributed by atoms with Crippen molar-refractivity contribution in [2.75, 3.05) is 6.54 Å². The van der Waals surface area contributed by atoms with Crippen LogP contribution in [0.25, 0.3) is 0 Å². The average molecular weight is 316 g/mol. The summed E-state index contributed by atoms with van der Waals surface area (Å²) in [6.45, 7) is 0.386. The first kappa shape index (κ1) is 14.7. The summed E-state index contributed by atoms with van der Waals surface area (Å²) in [7, 11) is 0. The van der Waals surface area contributed by atoms with Crippen molar-refractivity contribution in [2.24, 2.45) is 5.73 Å². The van der Waals surface area contributed by atoms with Crippen LogP contribution in [-0.2, 0) is 0 Å². The minimum absolute atomic E-state index is 0.0633. The summed E-state index contributed by atoms with van der Waals surface area (Å²) in [5.41, 5.74) is 6.61. The van der Waals surface area contributed by atoms with E-state index in [9.17, 15) is 4.39 Å². The van der Waals surface area contributed by atoms with Gasteiger partial charge in [-0.2, -0.15) is 0 Å². The quantitative estimate of drug-likeness (QED) is 0.810. The van der Waals surface area contributed by atoms with Crippen molar-refractivity contribution in [3.05, 3.63) is 63.9 Å². The second kappa shape index (κ2) is 6.62. The highest BCUT2D eigenvalue weighted by molar-refractivity contribution is 7.99. The molecule has 0 saturated heterocycles. The minimum atomic E-state index is -0.270. The standard InChI is InChI=1S/C14H12Cl2FNS/c15-10-4-5-12(16)13(7-10)19-14(8-18)9-2-1-3-11(17)6-9/h1-7,14H,8,18H2. The maximum Gasteiger partial charge on any atom is 0.123 e. The maximum absolute atomic E-state index is 13.2. The van der Waals surface area contributed by atoms with Crippen LogP contribution in [-0.4, -0.2) is 6.54 Å². The molecule has 0 spiro atoms. The van der Waals surface area contributed by atoms with Gasteiger partial charge in [0.05, 0.1) is 5.02 Å². The van der Waals surface area contributed by atoms with Crippen LogP contribution in [0, 0.1) is 5.82 Å². The zero-order valence-electron chi connectivity index (χ0n) is 9.95. The molecule has 1 unspecified atom stereocenters. The summed E-state index contributed by atoms with van der Waals surface area (Å²) < 4.78 is 13.2. The molecule has 0 aliphatic carbocycles. The number of nitrogens with two attached hydrogens (primary N) is 1. The van der Waals surface area contributed by atoms with Crippen molar-refractivity contribution in [3.8, 4) is 0 Å². The highest BCUT2D eigenvalue weighted by Crippen LogP contribution is 2.39. The normalized spacial score (nSPS) is 12.4. The van der Waals surface area contributed by atoms with Crippen molar-refractivity contribution in [1.82, 2.24) is 0 Å². The fraction of sp³-hybridized carbons (Fsp3) is 0.143. The highest BCUT2D eigenvalue weighted by Gasteiger charge is 2.14. The van der Waals surface area contributed by atoms with Crippen molar-refractivity contribution in [3.63, 3.8) is 0 Å². The number of hydrogen-bond donors (Lipinski definition) is 1. The predicted molar refractivity (Wildman–Crippen MR) is 80.5 cm³/mol. The Kier molecular flexibility index (Phi) is 5.11. The van der Waals surface area contributed by atoms with Crippen LogP contribution in [0.3, 0.4) is 0 Å². The van der Waals surface area contributed by atoms with Gasteiger partial charge in [-0.15, -0.1) is 11.8 Å². The highest BCUT2D eigenvalue weighted by atomic mass is 35.5. The zero-order valence-corrected chi connectivity index (χ0v) is 12.3. The number of hydrogen-bond acceptors (Lipinski definition) is 2. The van der Waals surface area contributed by atoms with Gasteiger partial charge in [-0.05, 0) is 35.9 Å². The van der Waals surface area contributed by atoms with E-state index in [-0.39, 0.29) is 11.1 Å². The van der Waals surface area contributed by atoms with Gasteiger partial charge >= 0.3 is 0 Å². The van der Waals surface area contributed by atoms with Crippen molar-refractivity contribution in [2.45, 2.75) is 10.1 Å². The molecule has 0 fully saturated rings. The van der Waals surface area contributed by atoms with E-state index in [1.54, 1.807) is 24.3 Å². The largest absolute Gasteiger partial charge is 0.329 e. The number of rotatable bonds is 4. The van der Waals surface area contributed by atoms with Gasteiger partial charge < -0.3 is 5.73 Å². The first-order chi connectivity index (χ1) is 9.10. The van der Waals surface area contributed by atoms with Gasteiger partial charge in [-0.1, -0.05) is 35.3 Å². The maximum atomic E-state index is 13.2. The Morgan fingerprint density at radius 2 is 1.95 bits per heavy atom. The van der Waals surface area contributed by atoms with Crippen LogP contribution in [0.5, 0.6) is 0 Å². The van der Waals surface area contributed by atoms with Crippen LogP contribution in [0.4, 0.5) is 4.39 Å². The topological polar surface area (TPSA) is 26.0 Å². The molecule has 0 amide bonds. The summed E-state index contributed by atoms with van der Waals surface area (Å²) in [4.78, 5) is 0.842. The summed E-state index contributed by atoms with van der Waals surface area (Å²) in [6.07, 6.45) is 0. The smallest absolute Gasteiger partial charge is 0.123 e. The lowest BCUT2D eigenvalue weighted by atomic mass is 10.1. The molecule has 19 heavy (non-hydrogen) atoms. The Morgan fingerprint density at radius 3 is 2.63 bits per heavy atom. The lowest BCUT2D eigenvalue weighted by Crippen LogP contribution is -2.09. The van der Waals surface area contributed by atoms with Gasteiger partial charge in [0.15, 0.2) is 0 Å². The number of benzene rings is 2. The summed E-state index contributed by atoms with van der Waals surface area (Å²) in [6, 6.07) is 11.7. The van der Waals surface area contributed by atoms with Crippen molar-refractivity contribution < 1.29 is 4.39 Å². The van der Waals surface area contributed by atoms with E-state index in [1.165, 1.54) is 23.9 Å². The molecule has 2 aromatic carbocycles. The zero-order chi connectivity index (χ0) is 13.8. The lowest BCUT2D eigenvalue weighted by Gasteiger charge is -2.16. The van der Waals surface area contributed by atoms with Gasteiger partial charge in [0.25, 0.3) is 0 Å². The Morgan fingerprint density at radius 1 is 1.16 bits per heavy atom. The molecule has 100 valence electrons. The summed E-state index contributed by atoms with van der Waals surface area (Å²) in [5.74, 6) is -0.270. The third kappa shape index (κ3) is 3.86. The molecule has 0 radical (unpaired) electrons. The van der Waals surface area contributed by atoms with Crippen LogP contribution in [0.15, 0.2) is 47.4 Å². The van der Waals surface area contributed by atoms with Gasteiger partial charge in [0.1, 0.15) is 5.82 Å². The molecule has 2 N–H and O–H groups in total. The second-order valence-corrected chi connectivity index (χ2v) is 6.06. The van der Waals surface area contributed by atoms with E-state index in [0.29, 0.717) is 16.6 Å². The van der Waals surface area contributed by atoms with Crippen molar-refractivity contribution in [1.29, 1.82) is 0 Å². The molecular weight excluding hydrogens is 304 g/mol. The average Bonchev–Trinajstić information content (AvgIpc) is 2.39. The van der Waals surface area contributed by atoms with Crippen molar-refractivity contribution >= 4 is 35.0 Å². The number of thioether (sulfide) groups is 1. The molecule has 2 rings (SSSR count). The van der Waals surface area contributed by atoms with E-state index in [0.717, 1.165) is 10.5 Å².